The van der Waals surface area contributed by atoms with Crippen molar-refractivity contribution in [1.82, 2.24) is 14.9 Å². The van der Waals surface area contributed by atoms with E-state index in [2.05, 4.69) is 16.0 Å². The van der Waals surface area contributed by atoms with Gasteiger partial charge >= 0.3 is 6.03 Å². The summed E-state index contributed by atoms with van der Waals surface area (Å²) in [6, 6.07) is 14.5. The maximum atomic E-state index is 12.9. The minimum atomic E-state index is -3.61. The molecular weight excluding hydrogens is 440 g/mol. The van der Waals surface area contributed by atoms with Crippen LogP contribution in [0.1, 0.15) is 38.7 Å². The molecule has 0 spiro atoms. The lowest BCUT2D eigenvalue weighted by molar-refractivity contribution is -0.118. The summed E-state index contributed by atoms with van der Waals surface area (Å²) in [6.45, 7) is 5.03. The first-order valence-corrected chi connectivity index (χ1v) is 12.7. The Morgan fingerprint density at radius 1 is 0.970 bits per heavy atom. The monoisotopic (exact) mass is 472 g/mol. The number of urea groups is 1. The van der Waals surface area contributed by atoms with Crippen molar-refractivity contribution >= 4 is 27.6 Å². The average molecular weight is 473 g/mol. The highest BCUT2D eigenvalue weighted by molar-refractivity contribution is 7.89. The minimum absolute atomic E-state index is 0.150. The highest BCUT2D eigenvalue weighted by Crippen LogP contribution is 2.23. The van der Waals surface area contributed by atoms with Gasteiger partial charge in [0.2, 0.25) is 15.9 Å². The van der Waals surface area contributed by atoms with E-state index >= 15 is 0 Å². The zero-order valence-corrected chi connectivity index (χ0v) is 19.9. The second kappa shape index (κ2) is 11.3. The van der Waals surface area contributed by atoms with Crippen LogP contribution < -0.4 is 16.0 Å². The molecule has 8 nitrogen and oxygen atoms in total. The van der Waals surface area contributed by atoms with Gasteiger partial charge in [0.15, 0.2) is 0 Å². The van der Waals surface area contributed by atoms with Crippen molar-refractivity contribution < 1.29 is 18.0 Å². The van der Waals surface area contributed by atoms with Crippen LogP contribution in [0.4, 0.5) is 10.5 Å². The largest absolute Gasteiger partial charge is 0.334 e. The van der Waals surface area contributed by atoms with Gasteiger partial charge in [0.1, 0.15) is 6.04 Å². The molecule has 3 N–H and O–H groups in total. The van der Waals surface area contributed by atoms with E-state index in [1.807, 2.05) is 44.2 Å². The first-order valence-electron chi connectivity index (χ1n) is 11.3. The smallest absolute Gasteiger partial charge is 0.315 e. The van der Waals surface area contributed by atoms with E-state index in [-0.39, 0.29) is 10.8 Å². The number of anilines is 1. The van der Waals surface area contributed by atoms with E-state index in [4.69, 9.17) is 0 Å². The van der Waals surface area contributed by atoms with Crippen LogP contribution in [0.25, 0.3) is 0 Å². The maximum Gasteiger partial charge on any atom is 0.315 e. The third kappa shape index (κ3) is 6.79. The summed E-state index contributed by atoms with van der Waals surface area (Å²) in [7, 11) is -3.61. The number of carbonyl (C=O) groups is 2. The van der Waals surface area contributed by atoms with E-state index in [1.54, 1.807) is 12.1 Å². The molecule has 0 saturated carbocycles. The molecule has 9 heteroatoms. The summed E-state index contributed by atoms with van der Waals surface area (Å²) >= 11 is 0. The van der Waals surface area contributed by atoms with Gasteiger partial charge in [0.05, 0.1) is 4.90 Å². The van der Waals surface area contributed by atoms with Gasteiger partial charge in [0.25, 0.3) is 0 Å². The Morgan fingerprint density at radius 3 is 2.33 bits per heavy atom. The fourth-order valence-corrected chi connectivity index (χ4v) is 5.28. The molecule has 1 unspecified atom stereocenters. The molecule has 1 aliphatic heterocycles. The van der Waals surface area contributed by atoms with E-state index in [9.17, 15) is 18.0 Å². The van der Waals surface area contributed by atoms with Gasteiger partial charge in [-0.25, -0.2) is 13.2 Å². The molecule has 1 aliphatic rings. The fraction of sp³-hybridized carbons (Fsp3) is 0.417. The number of carbonyl (C=O) groups excluding carboxylic acids is 2. The van der Waals surface area contributed by atoms with Gasteiger partial charge in [-0.05, 0) is 42.5 Å². The number of nitrogens with zero attached hydrogens (tertiary/aromatic N) is 1. The molecule has 0 radical (unpaired) electrons. The van der Waals surface area contributed by atoms with Crippen molar-refractivity contribution in [3.05, 3.63) is 60.2 Å². The van der Waals surface area contributed by atoms with Gasteiger partial charge in [0, 0.05) is 25.3 Å². The van der Waals surface area contributed by atoms with E-state index < -0.39 is 28.0 Å². The standard InChI is InChI=1S/C24H32N4O4S/c1-18(2)22(27-24(30)25-17-19-10-5-3-6-11-19)23(29)26-20-12-9-13-21(16-20)33(31,32)28-14-7-4-8-15-28/h3,5-6,9-13,16,18,22H,4,7-8,14-15,17H2,1-2H3,(H,26,29)(H2,25,27,30). The Kier molecular flexibility index (Phi) is 8.46. The van der Waals surface area contributed by atoms with Gasteiger partial charge < -0.3 is 16.0 Å². The van der Waals surface area contributed by atoms with E-state index in [1.165, 1.54) is 16.4 Å². The van der Waals surface area contributed by atoms with Crippen LogP contribution in [-0.4, -0.2) is 43.8 Å². The normalized spacial score (nSPS) is 15.6. The van der Waals surface area contributed by atoms with Crippen molar-refractivity contribution in [1.29, 1.82) is 0 Å². The zero-order valence-electron chi connectivity index (χ0n) is 19.1. The molecule has 178 valence electrons. The number of rotatable bonds is 8. The van der Waals surface area contributed by atoms with Crippen LogP contribution in [0.5, 0.6) is 0 Å². The van der Waals surface area contributed by atoms with Crippen molar-refractivity contribution in [2.75, 3.05) is 18.4 Å². The zero-order chi connectivity index (χ0) is 23.8. The Labute approximate surface area is 195 Å². The predicted molar refractivity (Wildman–Crippen MR) is 128 cm³/mol. The Bertz CT molecular complexity index is 1050. The number of benzene rings is 2. The molecular formula is C24H32N4O4S. The second-order valence-corrected chi connectivity index (χ2v) is 10.5. The van der Waals surface area contributed by atoms with Crippen molar-refractivity contribution in [3.8, 4) is 0 Å². The molecule has 33 heavy (non-hydrogen) atoms. The van der Waals surface area contributed by atoms with E-state index in [0.29, 0.717) is 25.3 Å². The molecule has 2 aromatic rings. The number of amides is 3. The number of piperidine rings is 1. The summed E-state index contributed by atoms with van der Waals surface area (Å²) < 4.78 is 27.4. The first-order chi connectivity index (χ1) is 15.8. The molecule has 3 rings (SSSR count). The quantitative estimate of drug-likeness (QED) is 0.548. The third-order valence-corrected chi connectivity index (χ3v) is 7.48. The van der Waals surface area contributed by atoms with Crippen LogP contribution in [0.15, 0.2) is 59.5 Å². The molecule has 1 heterocycles. The van der Waals surface area contributed by atoms with Gasteiger partial charge in [-0.3, -0.25) is 4.79 Å². The molecule has 0 aliphatic carbocycles. The summed E-state index contributed by atoms with van der Waals surface area (Å²) in [5, 5.41) is 8.22. The molecule has 0 bridgehead atoms. The summed E-state index contributed by atoms with van der Waals surface area (Å²) in [6.07, 6.45) is 2.73. The predicted octanol–water partition coefficient (Wildman–Crippen LogP) is 3.32. The van der Waals surface area contributed by atoms with Gasteiger partial charge in [-0.2, -0.15) is 4.31 Å². The second-order valence-electron chi connectivity index (χ2n) is 8.52. The summed E-state index contributed by atoms with van der Waals surface area (Å²) in [5.41, 5.74) is 1.32. The van der Waals surface area contributed by atoms with Crippen molar-refractivity contribution in [2.24, 2.45) is 5.92 Å². The lowest BCUT2D eigenvalue weighted by atomic mass is 10.0. The highest BCUT2D eigenvalue weighted by Gasteiger charge is 2.27. The molecule has 1 fully saturated rings. The SMILES string of the molecule is CC(C)C(NC(=O)NCc1ccccc1)C(=O)Nc1cccc(S(=O)(=O)N2CCCCC2)c1. The number of hydrogen-bond donors (Lipinski definition) is 3. The summed E-state index contributed by atoms with van der Waals surface area (Å²) in [5.74, 6) is -0.583. The third-order valence-electron chi connectivity index (χ3n) is 5.59. The summed E-state index contributed by atoms with van der Waals surface area (Å²) in [4.78, 5) is 25.4. The minimum Gasteiger partial charge on any atom is -0.334 e. The van der Waals surface area contributed by atoms with Crippen LogP contribution in [-0.2, 0) is 21.4 Å². The van der Waals surface area contributed by atoms with Gasteiger partial charge in [-0.15, -0.1) is 0 Å². The topological polar surface area (TPSA) is 108 Å². The first kappa shape index (κ1) is 24.7. The van der Waals surface area contributed by atoms with Crippen molar-refractivity contribution in [3.63, 3.8) is 0 Å². The highest BCUT2D eigenvalue weighted by atomic mass is 32.2. The lowest BCUT2D eigenvalue weighted by Gasteiger charge is -2.26. The molecule has 1 atom stereocenters. The molecule has 1 saturated heterocycles. The number of hydrogen-bond acceptors (Lipinski definition) is 4. The Hall–Kier alpha value is -2.91. The Balaban J connectivity index is 1.64. The number of nitrogens with one attached hydrogen (secondary N) is 3. The number of sulfonamides is 1. The average Bonchev–Trinajstić information content (AvgIpc) is 2.82. The Morgan fingerprint density at radius 2 is 1.67 bits per heavy atom. The van der Waals surface area contributed by atoms with Crippen LogP contribution >= 0.6 is 0 Å². The molecule has 3 amide bonds. The lowest BCUT2D eigenvalue weighted by Crippen LogP contribution is -2.50. The van der Waals surface area contributed by atoms with Crippen LogP contribution in [0, 0.1) is 5.92 Å². The maximum absolute atomic E-state index is 12.9. The van der Waals surface area contributed by atoms with Crippen molar-refractivity contribution in [2.45, 2.75) is 50.6 Å². The molecule has 0 aromatic heterocycles. The van der Waals surface area contributed by atoms with E-state index in [0.717, 1.165) is 24.8 Å². The van der Waals surface area contributed by atoms with Gasteiger partial charge in [-0.1, -0.05) is 56.7 Å². The van der Waals surface area contributed by atoms with Crippen LogP contribution in [0.2, 0.25) is 0 Å². The van der Waals surface area contributed by atoms with Crippen LogP contribution in [0.3, 0.4) is 0 Å². The molecule has 2 aromatic carbocycles. The fourth-order valence-electron chi connectivity index (χ4n) is 3.71.